The fraction of sp³-hybridized carbons (Fsp3) is 0.526. The first-order valence-corrected chi connectivity index (χ1v) is 10.7. The van der Waals surface area contributed by atoms with Crippen molar-refractivity contribution in [2.45, 2.75) is 50.6 Å². The van der Waals surface area contributed by atoms with E-state index in [4.69, 9.17) is 0 Å². The normalized spacial score (nSPS) is 24.9. The number of amides is 1. The highest BCUT2D eigenvalue weighted by Gasteiger charge is 2.45. The highest BCUT2D eigenvalue weighted by Crippen LogP contribution is 2.34. The molecule has 1 aromatic carbocycles. The van der Waals surface area contributed by atoms with Gasteiger partial charge < -0.3 is 9.47 Å². The minimum Gasteiger partial charge on any atom is -0.338 e. The van der Waals surface area contributed by atoms with Crippen LogP contribution in [0, 0.1) is 0 Å². The summed E-state index contributed by atoms with van der Waals surface area (Å²) in [5.41, 5.74) is 1.04. The van der Waals surface area contributed by atoms with Crippen molar-refractivity contribution in [1.29, 1.82) is 0 Å². The molecule has 2 heterocycles. The fourth-order valence-corrected chi connectivity index (χ4v) is 5.99. The Hall–Kier alpha value is -1.86. The Labute approximate surface area is 154 Å². The van der Waals surface area contributed by atoms with Gasteiger partial charge in [0, 0.05) is 36.9 Å². The van der Waals surface area contributed by atoms with E-state index >= 15 is 0 Å². The van der Waals surface area contributed by atoms with Crippen LogP contribution >= 0.6 is 0 Å². The number of para-hydroxylation sites is 1. The number of benzene rings is 1. The van der Waals surface area contributed by atoms with Gasteiger partial charge in [-0.25, -0.2) is 8.42 Å². The Kier molecular flexibility index (Phi) is 4.31. The van der Waals surface area contributed by atoms with Crippen LogP contribution in [0.1, 0.15) is 26.7 Å². The first-order valence-electron chi connectivity index (χ1n) is 9.23. The molecular weight excluding hydrogens is 350 g/mol. The summed E-state index contributed by atoms with van der Waals surface area (Å²) in [5, 5.41) is 0.910. The zero-order valence-corrected chi connectivity index (χ0v) is 16.0. The maximum Gasteiger partial charge on any atom is 0.242 e. The van der Waals surface area contributed by atoms with E-state index in [-0.39, 0.29) is 29.8 Å². The third kappa shape index (κ3) is 2.93. The minimum absolute atomic E-state index is 0.0363. The quantitative estimate of drug-likeness (QED) is 0.822. The molecule has 0 spiro atoms. The number of sulfonamides is 1. The predicted molar refractivity (Wildman–Crippen MR) is 101 cm³/mol. The molecule has 140 valence electrons. The fourth-order valence-electron chi connectivity index (χ4n) is 3.90. The van der Waals surface area contributed by atoms with Gasteiger partial charge in [0.15, 0.2) is 0 Å². The van der Waals surface area contributed by atoms with Crippen LogP contribution in [-0.2, 0) is 21.4 Å². The first kappa shape index (κ1) is 17.5. The van der Waals surface area contributed by atoms with E-state index in [1.165, 1.54) is 0 Å². The van der Waals surface area contributed by atoms with Crippen molar-refractivity contribution in [3.8, 4) is 0 Å². The third-order valence-corrected chi connectivity index (χ3v) is 8.27. The summed E-state index contributed by atoms with van der Waals surface area (Å²) in [5.74, 6) is 0.0363. The molecule has 4 rings (SSSR count). The molecule has 1 saturated carbocycles. The van der Waals surface area contributed by atoms with E-state index in [0.29, 0.717) is 13.1 Å². The summed E-state index contributed by atoms with van der Waals surface area (Å²) < 4.78 is 28.8. The van der Waals surface area contributed by atoms with Gasteiger partial charge in [-0.05, 0) is 44.2 Å². The number of rotatable bonds is 4. The van der Waals surface area contributed by atoms with Crippen molar-refractivity contribution in [3.05, 3.63) is 36.5 Å². The first-order chi connectivity index (χ1) is 12.4. The largest absolute Gasteiger partial charge is 0.338 e. The average Bonchev–Trinajstić information content (AvgIpc) is 3.41. The highest BCUT2D eigenvalue weighted by molar-refractivity contribution is 7.90. The van der Waals surface area contributed by atoms with E-state index in [0.717, 1.165) is 23.7 Å². The molecule has 2 aliphatic rings. The summed E-state index contributed by atoms with van der Waals surface area (Å²) in [6, 6.07) is 9.67. The third-order valence-electron chi connectivity index (χ3n) is 5.78. The molecule has 1 aliphatic heterocycles. The van der Waals surface area contributed by atoms with E-state index in [2.05, 4.69) is 0 Å². The molecule has 2 aromatic rings. The maximum absolute atomic E-state index is 12.9. The second-order valence-corrected chi connectivity index (χ2v) is 9.59. The summed E-state index contributed by atoms with van der Waals surface area (Å²) in [6.07, 6.45) is 3.47. The summed E-state index contributed by atoms with van der Waals surface area (Å²) >= 11 is 0. The minimum atomic E-state index is -3.21. The summed E-state index contributed by atoms with van der Waals surface area (Å²) in [6.45, 7) is 4.98. The molecule has 1 aliphatic carbocycles. The molecule has 26 heavy (non-hydrogen) atoms. The van der Waals surface area contributed by atoms with Gasteiger partial charge >= 0.3 is 0 Å². The molecule has 0 unspecified atom stereocenters. The van der Waals surface area contributed by atoms with Crippen molar-refractivity contribution >= 4 is 26.8 Å². The van der Waals surface area contributed by atoms with Crippen molar-refractivity contribution in [2.24, 2.45) is 0 Å². The number of nitrogens with zero attached hydrogens (tertiary/aromatic N) is 3. The van der Waals surface area contributed by atoms with E-state index in [9.17, 15) is 13.2 Å². The number of fused-ring (bicyclic) bond motifs is 1. The lowest BCUT2D eigenvalue weighted by atomic mass is 10.1. The number of carbonyl (C=O) groups is 1. The number of hydrogen-bond donors (Lipinski definition) is 0. The maximum atomic E-state index is 12.9. The molecule has 2 atom stereocenters. The van der Waals surface area contributed by atoms with Crippen LogP contribution in [0.2, 0.25) is 0 Å². The predicted octanol–water partition coefficient (Wildman–Crippen LogP) is 2.05. The monoisotopic (exact) mass is 375 g/mol. The van der Waals surface area contributed by atoms with Crippen LogP contribution in [0.15, 0.2) is 36.5 Å². The van der Waals surface area contributed by atoms with E-state index in [1.54, 1.807) is 4.31 Å². The molecule has 6 nitrogen and oxygen atoms in total. The average molecular weight is 375 g/mol. The van der Waals surface area contributed by atoms with E-state index in [1.807, 2.05) is 59.8 Å². The van der Waals surface area contributed by atoms with Gasteiger partial charge in [0.05, 0.1) is 5.25 Å². The summed E-state index contributed by atoms with van der Waals surface area (Å²) in [4.78, 5) is 14.7. The smallest absolute Gasteiger partial charge is 0.242 e. The SMILES string of the molecule is C[C@@H]1[C@H](C)N(C(=O)Cn2ccc3ccccc32)CCN1S(=O)(=O)C1CC1. The molecule has 0 bridgehead atoms. The Balaban J connectivity index is 1.49. The Morgan fingerprint density at radius 2 is 1.81 bits per heavy atom. The second-order valence-electron chi connectivity index (χ2n) is 7.43. The molecule has 1 amide bonds. The van der Waals surface area contributed by atoms with Crippen LogP contribution < -0.4 is 0 Å². The summed E-state index contributed by atoms with van der Waals surface area (Å²) in [7, 11) is -3.21. The van der Waals surface area contributed by atoms with Gasteiger partial charge in [0.2, 0.25) is 15.9 Å². The number of piperazine rings is 1. The molecular formula is C19H25N3O3S. The van der Waals surface area contributed by atoms with Gasteiger partial charge in [0.1, 0.15) is 6.54 Å². The lowest BCUT2D eigenvalue weighted by Crippen LogP contribution is -2.61. The lowest BCUT2D eigenvalue weighted by molar-refractivity contribution is -0.136. The van der Waals surface area contributed by atoms with Gasteiger partial charge in [-0.2, -0.15) is 4.31 Å². The molecule has 1 aromatic heterocycles. The molecule has 7 heteroatoms. The standard InChI is InChI=1S/C19H25N3O3S/c1-14-15(2)22(26(24,25)17-7-8-17)12-11-21(14)19(23)13-20-10-9-16-5-3-4-6-18(16)20/h3-6,9-10,14-15,17H,7-8,11-13H2,1-2H3/t14-,15+/m0/s1. The zero-order chi connectivity index (χ0) is 18.5. The van der Waals surface area contributed by atoms with Crippen LogP contribution in [0.25, 0.3) is 10.9 Å². The van der Waals surface area contributed by atoms with Crippen molar-refractivity contribution < 1.29 is 13.2 Å². The highest BCUT2D eigenvalue weighted by atomic mass is 32.2. The van der Waals surface area contributed by atoms with Gasteiger partial charge in [-0.3, -0.25) is 4.79 Å². The number of aromatic nitrogens is 1. The van der Waals surface area contributed by atoms with Crippen LogP contribution in [0.3, 0.4) is 0 Å². The van der Waals surface area contributed by atoms with Crippen LogP contribution in [0.5, 0.6) is 0 Å². The van der Waals surface area contributed by atoms with Crippen molar-refractivity contribution in [3.63, 3.8) is 0 Å². The van der Waals surface area contributed by atoms with E-state index < -0.39 is 10.0 Å². The molecule has 0 radical (unpaired) electrons. The van der Waals surface area contributed by atoms with Gasteiger partial charge in [-0.15, -0.1) is 0 Å². The Morgan fingerprint density at radius 3 is 2.54 bits per heavy atom. The molecule has 0 N–H and O–H groups in total. The van der Waals surface area contributed by atoms with Gasteiger partial charge in [0.25, 0.3) is 0 Å². The zero-order valence-electron chi connectivity index (χ0n) is 15.2. The Bertz CT molecular complexity index is 932. The topological polar surface area (TPSA) is 62.6 Å². The number of hydrogen-bond acceptors (Lipinski definition) is 3. The second kappa shape index (κ2) is 6.39. The Morgan fingerprint density at radius 1 is 1.08 bits per heavy atom. The van der Waals surface area contributed by atoms with Gasteiger partial charge in [-0.1, -0.05) is 18.2 Å². The number of carbonyl (C=O) groups excluding carboxylic acids is 1. The molecule has 2 fully saturated rings. The van der Waals surface area contributed by atoms with Crippen molar-refractivity contribution in [1.82, 2.24) is 13.8 Å². The molecule has 1 saturated heterocycles. The van der Waals surface area contributed by atoms with Crippen LogP contribution in [0.4, 0.5) is 0 Å². The lowest BCUT2D eigenvalue weighted by Gasteiger charge is -2.44. The van der Waals surface area contributed by atoms with Crippen LogP contribution in [-0.4, -0.2) is 58.5 Å². The van der Waals surface area contributed by atoms with Crippen molar-refractivity contribution in [2.75, 3.05) is 13.1 Å².